The van der Waals surface area contributed by atoms with E-state index in [4.69, 9.17) is 24.2 Å². The summed E-state index contributed by atoms with van der Waals surface area (Å²) in [6.45, 7) is 8.86. The van der Waals surface area contributed by atoms with Crippen LogP contribution in [-0.4, -0.2) is 77.2 Å². The number of hydrogen-bond acceptors (Lipinski definition) is 9. The molecular formula is C35H42N4O6S. The lowest BCUT2D eigenvalue weighted by molar-refractivity contribution is -0.148. The molecule has 2 fully saturated rings. The van der Waals surface area contributed by atoms with Crippen molar-refractivity contribution in [2.45, 2.75) is 83.4 Å². The van der Waals surface area contributed by atoms with Gasteiger partial charge in [0.1, 0.15) is 40.7 Å². The smallest absolute Gasteiger partial charge is 0.332 e. The number of aryl methyl sites for hydroxylation is 2. The molecule has 3 aromatic rings. The molecule has 3 aliphatic rings. The summed E-state index contributed by atoms with van der Waals surface area (Å²) in [5.41, 5.74) is 3.60. The fourth-order valence-corrected chi connectivity index (χ4v) is 7.31. The number of fused-ring (bicyclic) bond motifs is 3. The maximum absolute atomic E-state index is 13.9. The Hall–Kier alpha value is -3.83. The van der Waals surface area contributed by atoms with Crippen molar-refractivity contribution in [1.82, 2.24) is 20.2 Å². The van der Waals surface area contributed by atoms with E-state index in [1.165, 1.54) is 12.0 Å². The molecule has 10 nitrogen and oxygen atoms in total. The van der Waals surface area contributed by atoms with Gasteiger partial charge in [-0.3, -0.25) is 9.59 Å². The molecule has 0 spiro atoms. The lowest BCUT2D eigenvalue weighted by Gasteiger charge is -2.25. The Kier molecular flexibility index (Phi) is 9.16. The number of hydrogen-bond donors (Lipinski definition) is 1. The van der Waals surface area contributed by atoms with Gasteiger partial charge >= 0.3 is 5.97 Å². The fraction of sp³-hybridized carbons (Fsp3) is 0.514. The van der Waals surface area contributed by atoms with Gasteiger partial charge in [-0.2, -0.15) is 0 Å². The molecule has 0 bridgehead atoms. The van der Waals surface area contributed by atoms with Gasteiger partial charge in [-0.15, -0.1) is 11.3 Å². The number of rotatable bonds is 5. The van der Waals surface area contributed by atoms with Gasteiger partial charge in [0.2, 0.25) is 11.8 Å². The van der Waals surface area contributed by atoms with E-state index in [1.54, 1.807) is 11.3 Å². The van der Waals surface area contributed by atoms with Gasteiger partial charge in [-0.05, 0) is 62.6 Å². The highest BCUT2D eigenvalue weighted by molar-refractivity contribution is 7.13. The predicted octanol–water partition coefficient (Wildman–Crippen LogP) is 5.25. The second kappa shape index (κ2) is 13.1. The number of esters is 1. The Labute approximate surface area is 273 Å². The minimum Gasteiger partial charge on any atom is -0.488 e. The first kappa shape index (κ1) is 32.1. The van der Waals surface area contributed by atoms with E-state index in [-0.39, 0.29) is 31.4 Å². The highest BCUT2D eigenvalue weighted by atomic mass is 32.1. The van der Waals surface area contributed by atoms with Gasteiger partial charge in [-0.1, -0.05) is 32.1 Å². The van der Waals surface area contributed by atoms with Gasteiger partial charge in [0, 0.05) is 35.8 Å². The number of methoxy groups -OCH3 is 1. The lowest BCUT2D eigenvalue weighted by atomic mass is 10.0. The molecule has 1 aromatic carbocycles. The van der Waals surface area contributed by atoms with E-state index in [0.29, 0.717) is 24.7 Å². The summed E-state index contributed by atoms with van der Waals surface area (Å²) >= 11 is 1.55. The van der Waals surface area contributed by atoms with Crippen molar-refractivity contribution < 1.29 is 28.6 Å². The molecule has 1 saturated carbocycles. The molecule has 1 aliphatic carbocycles. The third-order valence-corrected chi connectivity index (χ3v) is 10.3. The largest absolute Gasteiger partial charge is 0.488 e. The summed E-state index contributed by atoms with van der Waals surface area (Å²) in [7, 11) is 1.33. The summed E-state index contributed by atoms with van der Waals surface area (Å²) in [6, 6.07) is 5.13. The van der Waals surface area contributed by atoms with Crippen LogP contribution in [-0.2, 0) is 23.9 Å². The third kappa shape index (κ3) is 6.27. The molecule has 1 saturated heterocycles. The van der Waals surface area contributed by atoms with Gasteiger partial charge in [-0.25, -0.2) is 14.8 Å². The van der Waals surface area contributed by atoms with Crippen LogP contribution in [0.2, 0.25) is 0 Å². The maximum atomic E-state index is 13.9. The number of carbonyl (C=O) groups is 3. The lowest BCUT2D eigenvalue weighted by Crippen LogP contribution is -2.53. The number of amides is 2. The molecule has 1 N–H and O–H groups in total. The van der Waals surface area contributed by atoms with Crippen molar-refractivity contribution in [1.29, 1.82) is 0 Å². The normalized spacial score (nSPS) is 25.4. The van der Waals surface area contributed by atoms with E-state index < -0.39 is 29.6 Å². The number of carbonyl (C=O) groups excluding carboxylic acids is 3. The Morgan fingerprint density at radius 3 is 2.78 bits per heavy atom. The second-order valence-electron chi connectivity index (χ2n) is 12.9. The van der Waals surface area contributed by atoms with Crippen LogP contribution in [0.4, 0.5) is 0 Å². The average Bonchev–Trinajstić information content (AvgIpc) is 3.35. The summed E-state index contributed by atoms with van der Waals surface area (Å²) in [6.07, 6.45) is 6.82. The Balaban J connectivity index is 1.32. The van der Waals surface area contributed by atoms with Crippen molar-refractivity contribution in [3.8, 4) is 16.5 Å². The molecule has 2 amide bonds. The number of nitrogens with one attached hydrogen (secondary N) is 1. The van der Waals surface area contributed by atoms with E-state index in [0.717, 1.165) is 57.7 Å². The number of allylic oxidation sites excluding steroid dienone is 1. The minimum atomic E-state index is -1.12. The van der Waals surface area contributed by atoms with Gasteiger partial charge in [0.25, 0.3) is 0 Å². The molecule has 0 radical (unpaired) electrons. The molecule has 2 aromatic heterocycles. The first-order chi connectivity index (χ1) is 22.1. The quantitative estimate of drug-likeness (QED) is 0.295. The first-order valence-corrected chi connectivity index (χ1v) is 17.0. The van der Waals surface area contributed by atoms with E-state index >= 15 is 0 Å². The third-order valence-electron chi connectivity index (χ3n) is 9.39. The van der Waals surface area contributed by atoms with Crippen LogP contribution in [0.25, 0.3) is 21.6 Å². The summed E-state index contributed by atoms with van der Waals surface area (Å²) in [5, 5.41) is 6.70. The summed E-state index contributed by atoms with van der Waals surface area (Å²) < 4.78 is 17.5. The standard InChI is InChI=1S/C35H42N4O6S/c1-20(2)27-19-46-33(37-27)26-15-29(25-12-11-21(3)22(4)31(25)36-26)45-24-14-28-32(41)38-35(34(42)43-5)16-23(35)10-8-6-7-9-13-44-18-30(40)39(28)17-24/h8,10-12,15,19-20,23-24,28H,6-7,9,13-14,16-18H2,1-5H3,(H,38,41). The van der Waals surface area contributed by atoms with Crippen LogP contribution in [0, 0.1) is 19.8 Å². The minimum absolute atomic E-state index is 0.125. The zero-order valence-electron chi connectivity index (χ0n) is 27.1. The monoisotopic (exact) mass is 646 g/mol. The summed E-state index contributed by atoms with van der Waals surface area (Å²) in [5.74, 6) is -0.392. The second-order valence-corrected chi connectivity index (χ2v) is 13.8. The van der Waals surface area contributed by atoms with Crippen molar-refractivity contribution >= 4 is 40.0 Å². The zero-order valence-corrected chi connectivity index (χ0v) is 27.9. The maximum Gasteiger partial charge on any atom is 0.332 e. The molecule has 6 rings (SSSR count). The molecule has 244 valence electrons. The molecule has 4 unspecified atom stereocenters. The van der Waals surface area contributed by atoms with E-state index in [2.05, 4.69) is 31.5 Å². The number of aromatic nitrogens is 2. The molecule has 4 atom stereocenters. The Morgan fingerprint density at radius 1 is 1.20 bits per heavy atom. The van der Waals surface area contributed by atoms with Crippen LogP contribution < -0.4 is 10.1 Å². The number of ether oxygens (including phenoxy) is 3. The Morgan fingerprint density at radius 2 is 2.02 bits per heavy atom. The number of thiazole rings is 1. The highest BCUT2D eigenvalue weighted by Crippen LogP contribution is 2.46. The van der Waals surface area contributed by atoms with Crippen LogP contribution >= 0.6 is 11.3 Å². The fourth-order valence-electron chi connectivity index (χ4n) is 6.37. The van der Waals surface area contributed by atoms with Crippen LogP contribution in [0.1, 0.15) is 68.7 Å². The predicted molar refractivity (Wildman–Crippen MR) is 176 cm³/mol. The average molecular weight is 647 g/mol. The SMILES string of the molecule is COC(=O)C12CC1C=CCCCCOCC(=O)N1CC(Oc3cc(-c4nc(C(C)C)cs4)nc4c(C)c(C)ccc34)CC1C(=O)N2. The summed E-state index contributed by atoms with van der Waals surface area (Å²) in [4.78, 5) is 51.6. The Bertz CT molecular complexity index is 1680. The highest BCUT2D eigenvalue weighted by Gasteiger charge is 2.62. The van der Waals surface area contributed by atoms with Crippen molar-refractivity contribution in [3.05, 3.63) is 52.6 Å². The van der Waals surface area contributed by atoms with Gasteiger partial charge in [0.05, 0.1) is 24.9 Å². The van der Waals surface area contributed by atoms with E-state index in [9.17, 15) is 14.4 Å². The molecule has 46 heavy (non-hydrogen) atoms. The van der Waals surface area contributed by atoms with Gasteiger partial charge < -0.3 is 24.4 Å². The number of nitrogens with zero attached hydrogens (tertiary/aromatic N) is 3. The van der Waals surface area contributed by atoms with Crippen molar-refractivity contribution in [3.63, 3.8) is 0 Å². The van der Waals surface area contributed by atoms with Crippen molar-refractivity contribution in [2.75, 3.05) is 26.9 Å². The van der Waals surface area contributed by atoms with Crippen LogP contribution in [0.3, 0.4) is 0 Å². The first-order valence-electron chi connectivity index (χ1n) is 16.1. The van der Waals surface area contributed by atoms with Crippen molar-refractivity contribution in [2.24, 2.45) is 5.92 Å². The molecular weight excluding hydrogens is 604 g/mol. The topological polar surface area (TPSA) is 120 Å². The molecule has 4 heterocycles. The number of benzene rings is 1. The zero-order chi connectivity index (χ0) is 32.6. The molecule has 11 heteroatoms. The van der Waals surface area contributed by atoms with Crippen LogP contribution in [0.5, 0.6) is 5.75 Å². The van der Waals surface area contributed by atoms with Crippen LogP contribution in [0.15, 0.2) is 35.7 Å². The van der Waals surface area contributed by atoms with E-state index in [1.807, 2.05) is 37.3 Å². The van der Waals surface area contributed by atoms with Gasteiger partial charge in [0.15, 0.2) is 0 Å². The molecule has 2 aliphatic heterocycles. The number of pyridine rings is 1.